The minimum atomic E-state index is -2.04. The van der Waals surface area contributed by atoms with Crippen LogP contribution in [0.4, 0.5) is 0 Å². The van der Waals surface area contributed by atoms with Crippen LogP contribution in [-0.2, 0) is 4.79 Å². The Balaban J connectivity index is 2.05. The van der Waals surface area contributed by atoms with Crippen LogP contribution in [0.2, 0.25) is 0 Å². The highest BCUT2D eigenvalue weighted by Gasteiger charge is 2.30. The molecule has 0 fully saturated rings. The van der Waals surface area contributed by atoms with E-state index in [2.05, 4.69) is 15.5 Å². The first-order chi connectivity index (χ1) is 9.90. The molecular weight excluding hydrogens is 276 g/mol. The highest BCUT2D eigenvalue weighted by molar-refractivity contribution is 5.92. The highest BCUT2D eigenvalue weighted by atomic mass is 16.4. The lowest BCUT2D eigenvalue weighted by atomic mass is 10.1. The molecule has 0 saturated heterocycles. The van der Waals surface area contributed by atoms with E-state index in [-0.39, 0.29) is 5.69 Å². The number of carbonyl (C=O) groups excluding carboxylic acids is 1. The summed E-state index contributed by atoms with van der Waals surface area (Å²) in [5.74, 6) is -2.03. The van der Waals surface area contributed by atoms with Crippen molar-refractivity contribution in [3.8, 4) is 5.69 Å². The Labute approximate surface area is 120 Å². The summed E-state index contributed by atoms with van der Waals surface area (Å²) in [4.78, 5) is 23.8. The molecule has 110 valence electrons. The molecule has 2 rings (SSSR count). The van der Waals surface area contributed by atoms with Crippen molar-refractivity contribution in [1.82, 2.24) is 20.3 Å². The van der Waals surface area contributed by atoms with Gasteiger partial charge in [-0.3, -0.25) is 4.79 Å². The molecule has 0 radical (unpaired) electrons. The second-order valence-electron chi connectivity index (χ2n) is 4.62. The van der Waals surface area contributed by atoms with Crippen molar-refractivity contribution in [2.75, 3.05) is 6.54 Å². The van der Waals surface area contributed by atoms with E-state index in [0.29, 0.717) is 5.69 Å². The molecule has 3 N–H and O–H groups in total. The number of benzene rings is 1. The number of rotatable bonds is 5. The van der Waals surface area contributed by atoms with E-state index in [0.717, 1.165) is 6.92 Å². The average Bonchev–Trinajstić information content (AvgIpc) is 2.95. The van der Waals surface area contributed by atoms with Gasteiger partial charge in [0.1, 0.15) is 0 Å². The van der Waals surface area contributed by atoms with E-state index in [9.17, 15) is 14.7 Å². The first-order valence-corrected chi connectivity index (χ1v) is 6.12. The van der Waals surface area contributed by atoms with Gasteiger partial charge in [0, 0.05) is 0 Å². The predicted molar refractivity (Wildman–Crippen MR) is 72.0 cm³/mol. The van der Waals surface area contributed by atoms with Gasteiger partial charge in [-0.25, -0.2) is 4.79 Å². The maximum atomic E-state index is 11.8. The van der Waals surface area contributed by atoms with Crippen molar-refractivity contribution in [3.63, 3.8) is 0 Å². The third-order valence-corrected chi connectivity index (χ3v) is 2.77. The Morgan fingerprint density at radius 1 is 1.33 bits per heavy atom. The number of aliphatic carboxylic acids is 1. The Morgan fingerprint density at radius 3 is 2.62 bits per heavy atom. The largest absolute Gasteiger partial charge is 0.479 e. The molecule has 1 atom stereocenters. The van der Waals surface area contributed by atoms with E-state index < -0.39 is 24.0 Å². The van der Waals surface area contributed by atoms with Crippen molar-refractivity contribution in [2.45, 2.75) is 12.5 Å². The smallest absolute Gasteiger partial charge is 0.337 e. The molecule has 8 heteroatoms. The summed E-state index contributed by atoms with van der Waals surface area (Å²) < 4.78 is 0. The lowest BCUT2D eigenvalue weighted by Gasteiger charge is -2.17. The molecule has 2 aromatic rings. The zero-order valence-electron chi connectivity index (χ0n) is 11.2. The van der Waals surface area contributed by atoms with Gasteiger partial charge in [-0.05, 0) is 19.1 Å². The van der Waals surface area contributed by atoms with Gasteiger partial charge in [0.05, 0.1) is 18.4 Å². The van der Waals surface area contributed by atoms with Crippen LogP contribution in [0.15, 0.2) is 36.5 Å². The van der Waals surface area contributed by atoms with Crippen molar-refractivity contribution >= 4 is 11.9 Å². The Kier molecular flexibility index (Phi) is 3.99. The van der Waals surface area contributed by atoms with E-state index in [1.165, 1.54) is 11.0 Å². The van der Waals surface area contributed by atoms with Crippen LogP contribution in [0.3, 0.4) is 0 Å². The number of aromatic nitrogens is 3. The van der Waals surface area contributed by atoms with Crippen molar-refractivity contribution in [2.24, 2.45) is 0 Å². The number of carboxylic acids is 1. The Bertz CT molecular complexity index is 651. The third-order valence-electron chi connectivity index (χ3n) is 2.77. The molecule has 21 heavy (non-hydrogen) atoms. The van der Waals surface area contributed by atoms with Crippen LogP contribution < -0.4 is 5.32 Å². The fraction of sp³-hybridized carbons (Fsp3) is 0.231. The van der Waals surface area contributed by atoms with Crippen LogP contribution in [0.1, 0.15) is 17.4 Å². The zero-order valence-corrected chi connectivity index (χ0v) is 11.2. The molecule has 0 saturated carbocycles. The number of aliphatic hydroxyl groups is 1. The monoisotopic (exact) mass is 290 g/mol. The molecule has 0 spiro atoms. The molecule has 1 aromatic carbocycles. The fourth-order valence-electron chi connectivity index (χ4n) is 1.47. The summed E-state index contributed by atoms with van der Waals surface area (Å²) in [6.07, 6.45) is 1.26. The molecule has 0 bridgehead atoms. The lowest BCUT2D eigenvalue weighted by molar-refractivity contribution is -0.155. The molecule has 0 aliphatic heterocycles. The Morgan fingerprint density at radius 2 is 2.00 bits per heavy atom. The second kappa shape index (κ2) is 5.71. The predicted octanol–water partition coefficient (Wildman–Crippen LogP) is -0.167. The molecule has 8 nitrogen and oxygen atoms in total. The van der Waals surface area contributed by atoms with Gasteiger partial charge in [0.25, 0.3) is 5.91 Å². The summed E-state index contributed by atoms with van der Waals surface area (Å²) in [5.41, 5.74) is -1.32. The van der Waals surface area contributed by atoms with E-state index >= 15 is 0 Å². The van der Waals surface area contributed by atoms with Crippen molar-refractivity contribution in [1.29, 1.82) is 0 Å². The molecule has 1 aromatic heterocycles. The summed E-state index contributed by atoms with van der Waals surface area (Å²) in [5, 5.41) is 28.5. The van der Waals surface area contributed by atoms with Crippen molar-refractivity contribution in [3.05, 3.63) is 42.2 Å². The molecular formula is C13H14N4O4. The first kappa shape index (κ1) is 14.7. The van der Waals surface area contributed by atoms with E-state index in [4.69, 9.17) is 5.11 Å². The molecule has 0 aliphatic rings. The zero-order chi connectivity index (χ0) is 15.5. The molecule has 0 aliphatic carbocycles. The summed E-state index contributed by atoms with van der Waals surface area (Å²) in [6.45, 7) is 0.662. The number of nitrogens with zero attached hydrogens (tertiary/aromatic N) is 3. The van der Waals surface area contributed by atoms with E-state index in [1.54, 1.807) is 12.1 Å². The standard InChI is InChI=1S/C13H14N4O4/c1-13(21,12(19)20)8-14-11(18)10-7-15-17(16-10)9-5-3-2-4-6-9/h2-7,21H,8H2,1H3,(H,14,18)(H,19,20). The summed E-state index contributed by atoms with van der Waals surface area (Å²) in [6, 6.07) is 9.01. The molecule has 1 heterocycles. The normalized spacial score (nSPS) is 13.4. The third kappa shape index (κ3) is 3.42. The highest BCUT2D eigenvalue weighted by Crippen LogP contribution is 2.05. The minimum absolute atomic E-state index is 0.0278. The van der Waals surface area contributed by atoms with Gasteiger partial charge in [-0.15, -0.1) is 5.10 Å². The van der Waals surface area contributed by atoms with Gasteiger partial charge in [0.2, 0.25) is 0 Å². The number of amides is 1. The first-order valence-electron chi connectivity index (χ1n) is 6.12. The van der Waals surface area contributed by atoms with Gasteiger partial charge in [-0.2, -0.15) is 9.90 Å². The maximum Gasteiger partial charge on any atom is 0.337 e. The van der Waals surface area contributed by atoms with Crippen LogP contribution in [0, 0.1) is 0 Å². The lowest BCUT2D eigenvalue weighted by Crippen LogP contribution is -2.46. The number of carboxylic acid groups (broad SMARTS) is 1. The van der Waals surface area contributed by atoms with Gasteiger partial charge in [0.15, 0.2) is 11.3 Å². The number of hydrogen-bond donors (Lipinski definition) is 3. The average molecular weight is 290 g/mol. The van der Waals surface area contributed by atoms with E-state index in [1.807, 2.05) is 18.2 Å². The second-order valence-corrected chi connectivity index (χ2v) is 4.62. The molecule has 1 amide bonds. The fourth-order valence-corrected chi connectivity index (χ4v) is 1.47. The Hall–Kier alpha value is -2.74. The van der Waals surface area contributed by atoms with Crippen LogP contribution in [-0.4, -0.2) is 49.2 Å². The van der Waals surface area contributed by atoms with Gasteiger partial charge < -0.3 is 15.5 Å². The van der Waals surface area contributed by atoms with Gasteiger partial charge in [-0.1, -0.05) is 18.2 Å². The summed E-state index contributed by atoms with van der Waals surface area (Å²) in [7, 11) is 0. The topological polar surface area (TPSA) is 117 Å². The number of para-hydroxylation sites is 1. The SMILES string of the molecule is CC(O)(CNC(=O)c1cnn(-c2ccccc2)n1)C(=O)O. The number of nitrogens with one attached hydrogen (secondary N) is 1. The number of carbonyl (C=O) groups is 2. The quantitative estimate of drug-likeness (QED) is 0.704. The molecule has 1 unspecified atom stereocenters. The minimum Gasteiger partial charge on any atom is -0.479 e. The number of hydrogen-bond acceptors (Lipinski definition) is 5. The maximum absolute atomic E-state index is 11.8. The van der Waals surface area contributed by atoms with Crippen LogP contribution in [0.5, 0.6) is 0 Å². The van der Waals surface area contributed by atoms with Gasteiger partial charge >= 0.3 is 5.97 Å². The van der Waals surface area contributed by atoms with Crippen molar-refractivity contribution < 1.29 is 19.8 Å². The van der Waals surface area contributed by atoms with Crippen LogP contribution in [0.25, 0.3) is 5.69 Å². The van der Waals surface area contributed by atoms with Crippen LogP contribution >= 0.6 is 0 Å². The summed E-state index contributed by atoms with van der Waals surface area (Å²) >= 11 is 0.